The molecule has 1 aliphatic rings. The van der Waals surface area contributed by atoms with Crippen LogP contribution in [0.25, 0.3) is 27.5 Å². The maximum Gasteiger partial charge on any atom is 0.308 e. The zero-order valence-corrected chi connectivity index (χ0v) is 20.3. The van der Waals surface area contributed by atoms with E-state index in [9.17, 15) is 19.2 Å². The predicted octanol–water partition coefficient (Wildman–Crippen LogP) is 4.26. The van der Waals surface area contributed by atoms with Crippen LogP contribution in [0.5, 0.6) is 5.75 Å². The summed E-state index contributed by atoms with van der Waals surface area (Å²) in [6.45, 7) is 2.64. The highest BCUT2D eigenvalue weighted by Gasteiger charge is 2.35. The topological polar surface area (TPSA) is 123 Å². The highest BCUT2D eigenvalue weighted by Crippen LogP contribution is 2.38. The first-order valence-electron chi connectivity index (χ1n) is 11.7. The summed E-state index contributed by atoms with van der Waals surface area (Å²) in [7, 11) is 0. The summed E-state index contributed by atoms with van der Waals surface area (Å²) < 4.78 is 5.45. The van der Waals surface area contributed by atoms with E-state index in [1.807, 2.05) is 12.1 Å². The number of hydrogen-bond donors (Lipinski definition) is 1. The van der Waals surface area contributed by atoms with E-state index in [0.29, 0.717) is 44.3 Å². The van der Waals surface area contributed by atoms with Gasteiger partial charge < -0.3 is 10.1 Å². The van der Waals surface area contributed by atoms with Gasteiger partial charge in [0, 0.05) is 47.5 Å². The van der Waals surface area contributed by atoms with Gasteiger partial charge in [0.05, 0.1) is 5.69 Å². The first-order valence-corrected chi connectivity index (χ1v) is 11.7. The highest BCUT2D eigenvalue weighted by molar-refractivity contribution is 6.36. The molecule has 0 saturated heterocycles. The van der Waals surface area contributed by atoms with Crippen molar-refractivity contribution in [2.24, 2.45) is 0 Å². The molecular formula is C28H19N5O5. The van der Waals surface area contributed by atoms with Gasteiger partial charge in [-0.15, -0.1) is 15.0 Å². The quantitative estimate of drug-likeness (QED) is 0.220. The second-order valence-electron chi connectivity index (χ2n) is 8.74. The number of anilines is 2. The Morgan fingerprint density at radius 1 is 0.816 bits per heavy atom. The maximum absolute atomic E-state index is 13.6. The van der Waals surface area contributed by atoms with Crippen LogP contribution in [0.2, 0.25) is 0 Å². The van der Waals surface area contributed by atoms with Crippen LogP contribution in [0.1, 0.15) is 34.6 Å². The number of rotatable bonds is 4. The van der Waals surface area contributed by atoms with Crippen molar-refractivity contribution in [2.75, 3.05) is 10.2 Å². The molecule has 0 bridgehead atoms. The number of fused-ring (bicyclic) bond motifs is 1. The Kier molecular flexibility index (Phi) is 5.23. The van der Waals surface area contributed by atoms with Gasteiger partial charge in [0.15, 0.2) is 5.75 Å². The summed E-state index contributed by atoms with van der Waals surface area (Å²) in [4.78, 5) is 53.2. The molecule has 5 aromatic rings. The first kappa shape index (κ1) is 23.0. The Hall–Kier alpha value is -5.38. The summed E-state index contributed by atoms with van der Waals surface area (Å²) in [5, 5.41) is 12.7. The minimum atomic E-state index is -0.586. The van der Waals surface area contributed by atoms with Gasteiger partial charge in [-0.2, -0.15) is 0 Å². The molecule has 0 saturated carbocycles. The zero-order valence-electron chi connectivity index (χ0n) is 20.3. The van der Waals surface area contributed by atoms with Crippen molar-refractivity contribution in [1.82, 2.24) is 15.0 Å². The van der Waals surface area contributed by atoms with Crippen molar-refractivity contribution >= 4 is 56.9 Å². The van der Waals surface area contributed by atoms with Crippen molar-refractivity contribution < 1.29 is 23.9 Å². The molecule has 1 N–H and O–H groups in total. The zero-order chi connectivity index (χ0) is 26.6. The van der Waals surface area contributed by atoms with Gasteiger partial charge in [-0.05, 0) is 42.5 Å². The van der Waals surface area contributed by atoms with Gasteiger partial charge in [0.2, 0.25) is 5.91 Å². The van der Waals surface area contributed by atoms with Crippen molar-refractivity contribution in [2.45, 2.75) is 13.8 Å². The molecule has 0 unspecified atom stereocenters. The van der Waals surface area contributed by atoms with Crippen molar-refractivity contribution in [3.05, 3.63) is 83.9 Å². The fourth-order valence-electron chi connectivity index (χ4n) is 4.64. The molecular weight excluding hydrogens is 486 g/mol. The number of hydrogen-bond acceptors (Lipinski definition) is 7. The van der Waals surface area contributed by atoms with Crippen molar-refractivity contribution in [1.29, 1.82) is 0 Å². The average Bonchev–Trinajstić information content (AvgIpc) is 3.31. The summed E-state index contributed by atoms with van der Waals surface area (Å²) >= 11 is 0. The van der Waals surface area contributed by atoms with Crippen LogP contribution in [0, 0.1) is 0 Å². The van der Waals surface area contributed by atoms with Crippen LogP contribution in [0.15, 0.2) is 72.8 Å². The number of nitrogens with zero attached hydrogens (tertiary/aromatic N) is 4. The van der Waals surface area contributed by atoms with Crippen LogP contribution in [0.3, 0.4) is 0 Å². The molecule has 6 rings (SSSR count). The van der Waals surface area contributed by atoms with E-state index < -0.39 is 17.8 Å². The third kappa shape index (κ3) is 3.66. The Morgan fingerprint density at radius 3 is 2.16 bits per heavy atom. The lowest BCUT2D eigenvalue weighted by Gasteiger charge is -2.28. The molecule has 0 spiro atoms. The van der Waals surface area contributed by atoms with E-state index in [4.69, 9.17) is 4.74 Å². The van der Waals surface area contributed by atoms with Gasteiger partial charge in [-0.3, -0.25) is 19.2 Å². The van der Waals surface area contributed by atoms with Crippen molar-refractivity contribution in [3.8, 4) is 11.4 Å². The minimum absolute atomic E-state index is 0.0842. The minimum Gasteiger partial charge on any atom is -0.424 e. The van der Waals surface area contributed by atoms with E-state index in [1.165, 1.54) is 24.7 Å². The van der Waals surface area contributed by atoms with Gasteiger partial charge in [-0.25, -0.2) is 4.90 Å². The molecule has 3 amide bonds. The Morgan fingerprint density at radius 2 is 1.50 bits per heavy atom. The van der Waals surface area contributed by atoms with Crippen LogP contribution >= 0.6 is 0 Å². The number of carbonyl (C=O) groups is 4. The molecule has 1 aliphatic heterocycles. The standard InChI is InChI=1S/C28H19N5O5/c1-15(34)29-21-12-11-20-26-18(21)6-5-7-19(26)27(36)32(28(20)37)17-10-13-24(25(14-17)38-16(2)35)33-30-22-8-3-4-9-23(22)31-33/h3-14H,1-2H3,(H,29,34). The van der Waals surface area contributed by atoms with Gasteiger partial charge >= 0.3 is 5.97 Å². The van der Waals surface area contributed by atoms with Crippen LogP contribution < -0.4 is 15.0 Å². The van der Waals surface area contributed by atoms with Crippen molar-refractivity contribution in [3.63, 3.8) is 0 Å². The van der Waals surface area contributed by atoms with Crippen LogP contribution in [-0.4, -0.2) is 38.7 Å². The fourth-order valence-corrected chi connectivity index (χ4v) is 4.64. The average molecular weight is 505 g/mol. The molecule has 186 valence electrons. The smallest absolute Gasteiger partial charge is 0.308 e. The lowest BCUT2D eigenvalue weighted by molar-refractivity contribution is -0.131. The van der Waals surface area contributed by atoms with Gasteiger partial charge in [0.1, 0.15) is 16.7 Å². The lowest BCUT2D eigenvalue weighted by atomic mass is 9.92. The van der Waals surface area contributed by atoms with E-state index in [2.05, 4.69) is 15.5 Å². The first-order chi connectivity index (χ1) is 18.3. The summed E-state index contributed by atoms with van der Waals surface area (Å²) in [6, 6.07) is 20.2. The number of imide groups is 1. The second kappa shape index (κ2) is 8.63. The van der Waals surface area contributed by atoms with Crippen LogP contribution in [-0.2, 0) is 9.59 Å². The fraction of sp³-hybridized carbons (Fsp3) is 0.0714. The van der Waals surface area contributed by atoms with E-state index >= 15 is 0 Å². The Labute approximate surface area is 215 Å². The number of amides is 3. The number of ether oxygens (including phenoxy) is 1. The predicted molar refractivity (Wildman–Crippen MR) is 140 cm³/mol. The normalized spacial score (nSPS) is 12.7. The van der Waals surface area contributed by atoms with Gasteiger partial charge in [-0.1, -0.05) is 24.3 Å². The lowest BCUT2D eigenvalue weighted by Crippen LogP contribution is -2.40. The van der Waals surface area contributed by atoms with E-state index in [0.717, 1.165) is 4.90 Å². The molecule has 1 aromatic heterocycles. The molecule has 0 aliphatic carbocycles. The van der Waals surface area contributed by atoms with E-state index in [1.54, 1.807) is 54.6 Å². The Balaban J connectivity index is 1.47. The third-order valence-corrected chi connectivity index (χ3v) is 6.18. The second-order valence-corrected chi connectivity index (χ2v) is 8.74. The molecule has 2 heterocycles. The Bertz CT molecular complexity index is 1790. The number of carbonyl (C=O) groups excluding carboxylic acids is 4. The number of aromatic nitrogens is 3. The SMILES string of the molecule is CC(=O)Nc1ccc2c3c(cccc13)C(=O)N(c1ccc(-n3nc4ccccc4n3)c(OC(C)=O)c1)C2=O. The maximum atomic E-state index is 13.6. The molecule has 0 fully saturated rings. The highest BCUT2D eigenvalue weighted by atomic mass is 16.5. The molecule has 10 heteroatoms. The number of benzene rings is 4. The third-order valence-electron chi connectivity index (χ3n) is 6.18. The monoisotopic (exact) mass is 505 g/mol. The summed E-state index contributed by atoms with van der Waals surface area (Å²) in [6.07, 6.45) is 0. The molecule has 10 nitrogen and oxygen atoms in total. The van der Waals surface area contributed by atoms with E-state index in [-0.39, 0.29) is 17.3 Å². The summed E-state index contributed by atoms with van der Waals surface area (Å²) in [5.74, 6) is -1.86. The molecule has 4 aromatic carbocycles. The molecule has 0 radical (unpaired) electrons. The molecule has 38 heavy (non-hydrogen) atoms. The number of esters is 1. The summed E-state index contributed by atoms with van der Waals surface area (Å²) in [5.41, 5.74) is 2.99. The number of nitrogens with one attached hydrogen (secondary N) is 1. The molecule has 0 atom stereocenters. The largest absolute Gasteiger partial charge is 0.424 e. The van der Waals surface area contributed by atoms with Crippen LogP contribution in [0.4, 0.5) is 11.4 Å². The van der Waals surface area contributed by atoms with Gasteiger partial charge in [0.25, 0.3) is 11.8 Å².